The lowest BCUT2D eigenvalue weighted by atomic mass is 10.0. The van der Waals surface area contributed by atoms with Crippen molar-refractivity contribution >= 4 is 28.3 Å². The first-order chi connectivity index (χ1) is 19.0. The molecule has 2 aromatic heterocycles. The summed E-state index contributed by atoms with van der Waals surface area (Å²) in [5.41, 5.74) is -2.01. The van der Waals surface area contributed by atoms with E-state index in [-0.39, 0.29) is 71.7 Å². The number of carbonyl (C=O) groups is 1. The van der Waals surface area contributed by atoms with Gasteiger partial charge in [-0.2, -0.15) is 18.3 Å². The predicted octanol–water partition coefficient (Wildman–Crippen LogP) is 4.90. The molecule has 14 heteroatoms. The average Bonchev–Trinajstić information content (AvgIpc) is 2.88. The van der Waals surface area contributed by atoms with E-state index in [1.807, 2.05) is 0 Å². The van der Waals surface area contributed by atoms with Crippen molar-refractivity contribution in [2.45, 2.75) is 32.5 Å². The maximum Gasteiger partial charge on any atom is 0.435 e. The first kappa shape index (κ1) is 27.9. The molecule has 2 fully saturated rings. The lowest BCUT2D eigenvalue weighted by molar-refractivity contribution is -0.150. The molecule has 4 heterocycles. The third kappa shape index (κ3) is 5.23. The Labute approximate surface area is 225 Å². The van der Waals surface area contributed by atoms with Crippen LogP contribution in [-0.4, -0.2) is 65.4 Å². The van der Waals surface area contributed by atoms with Crippen molar-refractivity contribution in [3.05, 3.63) is 52.6 Å². The Balaban J connectivity index is 1.49. The molecule has 2 aliphatic rings. The summed E-state index contributed by atoms with van der Waals surface area (Å²) in [7, 11) is 0. The van der Waals surface area contributed by atoms with Crippen molar-refractivity contribution in [2.75, 3.05) is 49.6 Å². The Morgan fingerprint density at radius 1 is 1.10 bits per heavy atom. The molecule has 0 radical (unpaired) electrons. The summed E-state index contributed by atoms with van der Waals surface area (Å²) in [6.07, 6.45) is -7.80. The van der Waals surface area contributed by atoms with Crippen LogP contribution in [0.15, 0.2) is 24.3 Å². The second-order valence-electron chi connectivity index (χ2n) is 9.85. The number of halogens is 6. The molecule has 3 aromatic rings. The monoisotopic (exact) mass is 568 g/mol. The molecule has 0 unspecified atom stereocenters. The molecule has 1 aromatic carbocycles. The smallest absolute Gasteiger partial charge is 0.380 e. The van der Waals surface area contributed by atoms with Crippen molar-refractivity contribution in [1.82, 2.24) is 20.1 Å². The zero-order valence-electron chi connectivity index (χ0n) is 21.6. The van der Waals surface area contributed by atoms with Crippen LogP contribution in [0.1, 0.15) is 41.9 Å². The standard InChI is InChI=1S/C26H26F6N6O2/c1-13(16-4-3-5-17(20(16)27)23(28)29)33-24-18-10-19(22(26(30,31)32)34-21(18)14(2)35-36-24)37-6-8-38(9-7-37)25(39)15-11-40-12-15/h3-5,10,13,15,23H,6-9,11-12H2,1-2H3,(H,33,36)/t13-/m1/s1. The number of carbonyl (C=O) groups excluding carboxylic acids is 1. The molecule has 0 aliphatic carbocycles. The second-order valence-corrected chi connectivity index (χ2v) is 9.85. The number of rotatable bonds is 6. The zero-order valence-corrected chi connectivity index (χ0v) is 21.6. The van der Waals surface area contributed by atoms with Gasteiger partial charge in [0.2, 0.25) is 5.91 Å². The Morgan fingerprint density at radius 3 is 2.38 bits per heavy atom. The number of alkyl halides is 5. The van der Waals surface area contributed by atoms with Gasteiger partial charge in [-0.3, -0.25) is 4.79 Å². The molecule has 0 saturated carbocycles. The van der Waals surface area contributed by atoms with E-state index in [1.54, 1.807) is 4.90 Å². The molecular formula is C26H26F6N6O2. The van der Waals surface area contributed by atoms with E-state index < -0.39 is 35.7 Å². The zero-order chi connectivity index (χ0) is 28.8. The van der Waals surface area contributed by atoms with E-state index in [1.165, 1.54) is 36.9 Å². The lowest BCUT2D eigenvalue weighted by Gasteiger charge is -2.39. The van der Waals surface area contributed by atoms with Gasteiger partial charge in [-0.05, 0) is 19.9 Å². The molecule has 1 atom stereocenters. The highest BCUT2D eigenvalue weighted by Crippen LogP contribution is 2.39. The first-order valence-electron chi connectivity index (χ1n) is 12.7. The summed E-state index contributed by atoms with van der Waals surface area (Å²) in [5.74, 6) is -1.35. The predicted molar refractivity (Wildman–Crippen MR) is 134 cm³/mol. The van der Waals surface area contributed by atoms with Crippen LogP contribution in [0.25, 0.3) is 10.9 Å². The molecule has 5 rings (SSSR count). The summed E-state index contributed by atoms with van der Waals surface area (Å²) >= 11 is 0. The number of hydrogen-bond donors (Lipinski definition) is 1. The number of anilines is 2. The topological polar surface area (TPSA) is 83.5 Å². The number of nitrogens with zero attached hydrogens (tertiary/aromatic N) is 5. The fourth-order valence-corrected chi connectivity index (χ4v) is 4.90. The van der Waals surface area contributed by atoms with Gasteiger partial charge in [0, 0.05) is 37.1 Å². The van der Waals surface area contributed by atoms with Gasteiger partial charge in [0.1, 0.15) is 5.82 Å². The largest absolute Gasteiger partial charge is 0.435 e. The van der Waals surface area contributed by atoms with Crippen molar-refractivity contribution in [2.24, 2.45) is 5.92 Å². The molecule has 1 N–H and O–H groups in total. The van der Waals surface area contributed by atoms with Gasteiger partial charge in [-0.25, -0.2) is 18.2 Å². The lowest BCUT2D eigenvalue weighted by Crippen LogP contribution is -2.53. The number of amides is 1. The summed E-state index contributed by atoms with van der Waals surface area (Å²) in [5, 5.41) is 11.1. The van der Waals surface area contributed by atoms with Crippen LogP contribution >= 0.6 is 0 Å². The highest BCUT2D eigenvalue weighted by Gasteiger charge is 2.39. The molecule has 40 heavy (non-hydrogen) atoms. The van der Waals surface area contributed by atoms with E-state index in [9.17, 15) is 31.1 Å². The highest BCUT2D eigenvalue weighted by atomic mass is 19.4. The van der Waals surface area contributed by atoms with E-state index in [0.29, 0.717) is 13.2 Å². The minimum absolute atomic E-state index is 0.0243. The summed E-state index contributed by atoms with van der Waals surface area (Å²) < 4.78 is 88.8. The average molecular weight is 569 g/mol. The fourth-order valence-electron chi connectivity index (χ4n) is 4.90. The summed E-state index contributed by atoms with van der Waals surface area (Å²) in [6, 6.07) is 4.05. The summed E-state index contributed by atoms with van der Waals surface area (Å²) in [6.45, 7) is 4.45. The molecule has 1 amide bonds. The van der Waals surface area contributed by atoms with Crippen molar-refractivity contribution in [3.63, 3.8) is 0 Å². The number of ether oxygens (including phenoxy) is 1. The number of pyridine rings is 1. The molecule has 0 bridgehead atoms. The third-order valence-electron chi connectivity index (χ3n) is 7.20. The van der Waals surface area contributed by atoms with Crippen LogP contribution < -0.4 is 10.2 Å². The quantitative estimate of drug-likeness (QED) is 0.424. The van der Waals surface area contributed by atoms with Gasteiger partial charge in [-0.1, -0.05) is 18.2 Å². The minimum atomic E-state index is -4.78. The maximum absolute atomic E-state index is 14.8. The van der Waals surface area contributed by atoms with Gasteiger partial charge in [0.15, 0.2) is 11.5 Å². The van der Waals surface area contributed by atoms with E-state index in [4.69, 9.17) is 4.74 Å². The van der Waals surface area contributed by atoms with Gasteiger partial charge in [0.25, 0.3) is 6.43 Å². The van der Waals surface area contributed by atoms with E-state index in [0.717, 1.165) is 6.07 Å². The van der Waals surface area contributed by atoms with Crippen LogP contribution in [0.5, 0.6) is 0 Å². The third-order valence-corrected chi connectivity index (χ3v) is 7.20. The number of piperazine rings is 1. The number of aromatic nitrogens is 3. The molecule has 214 valence electrons. The number of aryl methyl sites for hydroxylation is 1. The maximum atomic E-state index is 14.8. The molecule has 8 nitrogen and oxygen atoms in total. The second kappa shape index (κ2) is 10.7. The normalized spacial score (nSPS) is 17.3. The van der Waals surface area contributed by atoms with Gasteiger partial charge < -0.3 is 19.9 Å². The van der Waals surface area contributed by atoms with Crippen molar-refractivity contribution in [1.29, 1.82) is 0 Å². The molecule has 2 saturated heterocycles. The van der Waals surface area contributed by atoms with Gasteiger partial charge in [-0.15, -0.1) is 5.10 Å². The highest BCUT2D eigenvalue weighted by molar-refractivity contribution is 5.93. The molecule has 2 aliphatic heterocycles. The molecule has 0 spiro atoms. The number of nitrogens with one attached hydrogen (secondary N) is 1. The Bertz CT molecular complexity index is 1420. The minimum Gasteiger partial charge on any atom is -0.380 e. The van der Waals surface area contributed by atoms with Crippen molar-refractivity contribution in [3.8, 4) is 0 Å². The number of fused-ring (bicyclic) bond motifs is 1. The van der Waals surface area contributed by atoms with Crippen LogP contribution in [0.3, 0.4) is 0 Å². The van der Waals surface area contributed by atoms with Crippen molar-refractivity contribution < 1.29 is 35.9 Å². The van der Waals surface area contributed by atoms with Gasteiger partial charge in [0.05, 0.1) is 47.6 Å². The number of benzene rings is 1. The Kier molecular flexibility index (Phi) is 7.46. The Morgan fingerprint density at radius 2 is 1.77 bits per heavy atom. The SMILES string of the molecule is Cc1nnc(N[C@H](C)c2cccc(C(F)F)c2F)c2cc(N3CCN(C(=O)C4COC4)CC3)c(C(F)(F)F)nc12. The van der Waals surface area contributed by atoms with Crippen LogP contribution in [-0.2, 0) is 15.7 Å². The van der Waals surface area contributed by atoms with E-state index in [2.05, 4.69) is 20.5 Å². The van der Waals surface area contributed by atoms with Crippen LogP contribution in [0.2, 0.25) is 0 Å². The molecular weight excluding hydrogens is 542 g/mol. The van der Waals surface area contributed by atoms with Gasteiger partial charge >= 0.3 is 6.18 Å². The first-order valence-corrected chi connectivity index (χ1v) is 12.7. The fraction of sp³-hybridized carbons (Fsp3) is 0.462. The van der Waals surface area contributed by atoms with Crippen LogP contribution in [0.4, 0.5) is 37.8 Å². The van der Waals surface area contributed by atoms with Crippen LogP contribution in [0, 0.1) is 18.7 Å². The van der Waals surface area contributed by atoms with E-state index >= 15 is 0 Å². The summed E-state index contributed by atoms with van der Waals surface area (Å²) in [4.78, 5) is 19.6. The number of hydrogen-bond acceptors (Lipinski definition) is 7. The Hall–Kier alpha value is -3.68.